The number of aromatic nitrogens is 3. The van der Waals surface area contributed by atoms with Gasteiger partial charge in [-0.1, -0.05) is 6.92 Å². The van der Waals surface area contributed by atoms with Crippen molar-refractivity contribution in [3.8, 4) is 11.4 Å². The number of alkyl halides is 6. The molecule has 0 bridgehead atoms. The van der Waals surface area contributed by atoms with E-state index in [0.29, 0.717) is 16.7 Å². The molecule has 0 unspecified atom stereocenters. The number of rotatable bonds is 3. The lowest BCUT2D eigenvalue weighted by Crippen LogP contribution is -2.27. The van der Waals surface area contributed by atoms with E-state index in [1.54, 1.807) is 6.92 Å². The van der Waals surface area contributed by atoms with Gasteiger partial charge in [-0.3, -0.25) is 4.57 Å². The minimum Gasteiger partial charge on any atom is -0.496 e. The van der Waals surface area contributed by atoms with Crippen LogP contribution < -0.4 is 10.4 Å². The van der Waals surface area contributed by atoms with Crippen LogP contribution in [0.15, 0.2) is 35.3 Å². The molecule has 3 aromatic rings. The molecule has 3 rings (SSSR count). The van der Waals surface area contributed by atoms with E-state index in [1.165, 1.54) is 0 Å². The van der Waals surface area contributed by atoms with E-state index in [2.05, 4.69) is 9.97 Å². The Morgan fingerprint density at radius 3 is 2.34 bits per heavy atom. The van der Waals surface area contributed by atoms with Gasteiger partial charge >= 0.3 is 18.0 Å². The molecule has 0 amide bonds. The van der Waals surface area contributed by atoms with Crippen LogP contribution in [0.4, 0.5) is 26.3 Å². The number of halogens is 6. The SMILES string of the molecule is CCc1nc(=O)n(-c2cccnc2C(F)(F)F)c2cc(C(F)(F)F)cc(OC)c12. The van der Waals surface area contributed by atoms with Gasteiger partial charge in [-0.25, -0.2) is 9.78 Å². The fourth-order valence-electron chi connectivity index (χ4n) is 3.00. The second-order valence-corrected chi connectivity index (χ2v) is 5.97. The Hall–Kier alpha value is -3.11. The summed E-state index contributed by atoms with van der Waals surface area (Å²) in [6.45, 7) is 1.61. The van der Waals surface area contributed by atoms with Crippen LogP contribution in [0, 0.1) is 0 Å². The van der Waals surface area contributed by atoms with Crippen LogP contribution in [-0.4, -0.2) is 21.6 Å². The first-order valence-corrected chi connectivity index (χ1v) is 8.22. The summed E-state index contributed by atoms with van der Waals surface area (Å²) < 4.78 is 85.9. The van der Waals surface area contributed by atoms with Crippen molar-refractivity contribution >= 4 is 10.9 Å². The summed E-state index contributed by atoms with van der Waals surface area (Å²) in [5, 5.41) is 0.0135. The van der Waals surface area contributed by atoms with Crippen molar-refractivity contribution in [3.63, 3.8) is 0 Å². The summed E-state index contributed by atoms with van der Waals surface area (Å²) in [5.41, 5.74) is -4.80. The first-order chi connectivity index (χ1) is 13.5. The second-order valence-electron chi connectivity index (χ2n) is 5.97. The van der Waals surface area contributed by atoms with E-state index in [4.69, 9.17) is 4.74 Å². The first-order valence-electron chi connectivity index (χ1n) is 8.22. The topological polar surface area (TPSA) is 57.0 Å². The number of hydrogen-bond donors (Lipinski definition) is 0. The van der Waals surface area contributed by atoms with Crippen LogP contribution >= 0.6 is 0 Å². The Morgan fingerprint density at radius 2 is 1.79 bits per heavy atom. The van der Waals surface area contributed by atoms with E-state index >= 15 is 0 Å². The van der Waals surface area contributed by atoms with E-state index in [0.717, 1.165) is 25.4 Å². The van der Waals surface area contributed by atoms with E-state index in [9.17, 15) is 31.1 Å². The maximum atomic E-state index is 13.4. The molecule has 1 aromatic carbocycles. The lowest BCUT2D eigenvalue weighted by Gasteiger charge is -2.19. The molecule has 0 spiro atoms. The van der Waals surface area contributed by atoms with Gasteiger partial charge < -0.3 is 4.74 Å². The molecule has 154 valence electrons. The number of hydrogen-bond acceptors (Lipinski definition) is 4. The molecule has 2 aromatic heterocycles. The summed E-state index contributed by atoms with van der Waals surface area (Å²) in [4.78, 5) is 19.6. The quantitative estimate of drug-likeness (QED) is 0.594. The zero-order valence-corrected chi connectivity index (χ0v) is 15.0. The molecule has 0 aliphatic carbocycles. The lowest BCUT2D eigenvalue weighted by atomic mass is 10.1. The number of ether oxygens (including phenoxy) is 1. The van der Waals surface area contributed by atoms with Crippen LogP contribution in [0.5, 0.6) is 5.75 Å². The number of benzene rings is 1. The van der Waals surface area contributed by atoms with Crippen molar-refractivity contribution in [2.45, 2.75) is 25.7 Å². The molecule has 0 atom stereocenters. The molecule has 11 heteroatoms. The van der Waals surface area contributed by atoms with Crippen LogP contribution in [-0.2, 0) is 18.8 Å². The molecule has 0 saturated carbocycles. The summed E-state index contributed by atoms with van der Waals surface area (Å²) in [5.74, 6) is -0.259. The van der Waals surface area contributed by atoms with E-state index in [-0.39, 0.29) is 23.3 Å². The van der Waals surface area contributed by atoms with Crippen molar-refractivity contribution in [1.29, 1.82) is 0 Å². The van der Waals surface area contributed by atoms with Gasteiger partial charge in [0.25, 0.3) is 0 Å². The predicted molar refractivity (Wildman–Crippen MR) is 91.1 cm³/mol. The highest BCUT2D eigenvalue weighted by atomic mass is 19.4. The van der Waals surface area contributed by atoms with Crippen LogP contribution in [0.2, 0.25) is 0 Å². The summed E-state index contributed by atoms with van der Waals surface area (Å²) in [6.07, 6.45) is -8.75. The summed E-state index contributed by atoms with van der Waals surface area (Å²) in [6, 6.07) is 3.40. The van der Waals surface area contributed by atoms with Gasteiger partial charge in [0, 0.05) is 6.20 Å². The van der Waals surface area contributed by atoms with Crippen molar-refractivity contribution in [3.05, 3.63) is 57.9 Å². The molecular weight excluding hydrogens is 404 g/mol. The zero-order valence-electron chi connectivity index (χ0n) is 15.0. The lowest BCUT2D eigenvalue weighted by molar-refractivity contribution is -0.141. The highest BCUT2D eigenvalue weighted by Crippen LogP contribution is 2.39. The van der Waals surface area contributed by atoms with E-state index < -0.39 is 40.5 Å². The molecule has 0 radical (unpaired) electrons. The van der Waals surface area contributed by atoms with Gasteiger partial charge in [0.05, 0.1) is 35.0 Å². The van der Waals surface area contributed by atoms with Crippen molar-refractivity contribution in [2.24, 2.45) is 0 Å². The molecule has 0 aliphatic rings. The molecule has 0 fully saturated rings. The summed E-state index contributed by atoms with van der Waals surface area (Å²) >= 11 is 0. The van der Waals surface area contributed by atoms with Crippen molar-refractivity contribution in [1.82, 2.24) is 14.5 Å². The number of nitrogens with zero attached hydrogens (tertiary/aromatic N) is 3. The van der Waals surface area contributed by atoms with Crippen molar-refractivity contribution in [2.75, 3.05) is 7.11 Å². The third-order valence-electron chi connectivity index (χ3n) is 4.21. The largest absolute Gasteiger partial charge is 0.496 e. The predicted octanol–water partition coefficient (Wildman–Crippen LogP) is 4.39. The van der Waals surface area contributed by atoms with Crippen LogP contribution in [0.25, 0.3) is 16.6 Å². The van der Waals surface area contributed by atoms with Crippen LogP contribution in [0.3, 0.4) is 0 Å². The Morgan fingerprint density at radius 1 is 1.10 bits per heavy atom. The van der Waals surface area contributed by atoms with Gasteiger partial charge in [0.1, 0.15) is 5.75 Å². The second kappa shape index (κ2) is 7.05. The first kappa shape index (κ1) is 20.6. The molecule has 29 heavy (non-hydrogen) atoms. The number of aryl methyl sites for hydroxylation is 1. The minimum atomic E-state index is -4.95. The normalized spacial score (nSPS) is 12.4. The Balaban J connectivity index is 2.56. The highest BCUT2D eigenvalue weighted by Gasteiger charge is 2.37. The van der Waals surface area contributed by atoms with Gasteiger partial charge in [-0.2, -0.15) is 31.3 Å². The fraction of sp³-hybridized carbons (Fsp3) is 0.278. The maximum absolute atomic E-state index is 13.4. The zero-order chi connectivity index (χ0) is 21.6. The number of pyridine rings is 1. The Labute approximate surface area is 159 Å². The third-order valence-corrected chi connectivity index (χ3v) is 4.21. The Kier molecular flexibility index (Phi) is 5.01. The average Bonchev–Trinajstić information content (AvgIpc) is 2.64. The highest BCUT2D eigenvalue weighted by molar-refractivity contribution is 5.90. The van der Waals surface area contributed by atoms with Gasteiger partial charge in [0.15, 0.2) is 5.69 Å². The molecule has 0 N–H and O–H groups in total. The fourth-order valence-corrected chi connectivity index (χ4v) is 3.00. The molecule has 0 aliphatic heterocycles. The monoisotopic (exact) mass is 417 g/mol. The molecular formula is C18H13F6N3O2. The third kappa shape index (κ3) is 3.64. The van der Waals surface area contributed by atoms with Gasteiger partial charge in [0.2, 0.25) is 0 Å². The van der Waals surface area contributed by atoms with Crippen LogP contribution in [0.1, 0.15) is 23.9 Å². The number of fused-ring (bicyclic) bond motifs is 1. The maximum Gasteiger partial charge on any atom is 0.435 e. The van der Waals surface area contributed by atoms with Gasteiger partial charge in [-0.15, -0.1) is 0 Å². The van der Waals surface area contributed by atoms with Crippen molar-refractivity contribution < 1.29 is 31.1 Å². The van der Waals surface area contributed by atoms with E-state index in [1.807, 2.05) is 0 Å². The average molecular weight is 417 g/mol. The Bertz CT molecular complexity index is 1140. The minimum absolute atomic E-state index is 0.0135. The smallest absolute Gasteiger partial charge is 0.435 e. The van der Waals surface area contributed by atoms with Gasteiger partial charge in [-0.05, 0) is 30.7 Å². The molecule has 0 saturated heterocycles. The summed E-state index contributed by atoms with van der Waals surface area (Å²) in [7, 11) is 1.12. The molecule has 5 nitrogen and oxygen atoms in total. The standard InChI is InChI=1S/C18H13F6N3O2/c1-3-10-14-12(7-9(17(19,20)21)8-13(14)29-2)27(16(28)26-10)11-5-4-6-25-15(11)18(22,23)24/h4-8H,3H2,1-2H3. The molecule has 2 heterocycles. The number of methoxy groups -OCH3 is 1.